The molecule has 0 aliphatic heterocycles. The van der Waals surface area contributed by atoms with Crippen LogP contribution in [0.25, 0.3) is 0 Å². The molecule has 2 rings (SSSR count). The number of aromatic nitrogens is 2. The van der Waals surface area contributed by atoms with Crippen molar-refractivity contribution in [1.82, 2.24) is 15.3 Å². The molecule has 1 aliphatic rings. The lowest BCUT2D eigenvalue weighted by atomic mass is 10.2. The molecule has 1 heterocycles. The highest BCUT2D eigenvalue weighted by Gasteiger charge is 2.26. The molecule has 1 saturated carbocycles. The highest BCUT2D eigenvalue weighted by molar-refractivity contribution is 5.92. The van der Waals surface area contributed by atoms with Crippen LogP contribution in [0.15, 0.2) is 12.4 Å². The lowest BCUT2D eigenvalue weighted by molar-refractivity contribution is 0.0910. The van der Waals surface area contributed by atoms with Crippen molar-refractivity contribution in [3.05, 3.63) is 18.1 Å². The second kappa shape index (κ2) is 7.19. The molecule has 2 unspecified atom stereocenters. The predicted octanol–water partition coefficient (Wildman–Crippen LogP) is 1.60. The average Bonchev–Trinajstić information content (AvgIpc) is 2.93. The Morgan fingerprint density at radius 2 is 2.25 bits per heavy atom. The summed E-state index contributed by atoms with van der Waals surface area (Å²) in [7, 11) is 1.71. The second-order valence-corrected chi connectivity index (χ2v) is 5.05. The van der Waals surface area contributed by atoms with Gasteiger partial charge in [-0.2, -0.15) is 0 Å². The van der Waals surface area contributed by atoms with Gasteiger partial charge in [-0.3, -0.25) is 4.79 Å². The molecule has 1 fully saturated rings. The fourth-order valence-corrected chi connectivity index (χ4v) is 2.33. The molecule has 0 saturated heterocycles. The van der Waals surface area contributed by atoms with Crippen molar-refractivity contribution >= 4 is 11.7 Å². The molecule has 20 heavy (non-hydrogen) atoms. The summed E-state index contributed by atoms with van der Waals surface area (Å²) in [5, 5.41) is 6.11. The van der Waals surface area contributed by atoms with Crippen molar-refractivity contribution in [2.24, 2.45) is 0 Å². The van der Waals surface area contributed by atoms with Crippen LogP contribution in [-0.4, -0.2) is 41.7 Å². The molecule has 1 aromatic heterocycles. The third kappa shape index (κ3) is 3.90. The molecular weight excluding hydrogens is 256 g/mol. The van der Waals surface area contributed by atoms with Gasteiger partial charge < -0.3 is 15.4 Å². The first-order chi connectivity index (χ1) is 9.72. The summed E-state index contributed by atoms with van der Waals surface area (Å²) in [5.41, 5.74) is 0.355. The van der Waals surface area contributed by atoms with Crippen LogP contribution in [0, 0.1) is 0 Å². The highest BCUT2D eigenvalue weighted by Crippen LogP contribution is 2.21. The lowest BCUT2D eigenvalue weighted by Gasteiger charge is -2.12. The van der Waals surface area contributed by atoms with E-state index in [4.69, 9.17) is 4.74 Å². The van der Waals surface area contributed by atoms with Gasteiger partial charge in [-0.15, -0.1) is 0 Å². The highest BCUT2D eigenvalue weighted by atomic mass is 16.5. The Hall–Kier alpha value is -1.69. The Bertz CT molecular complexity index is 435. The number of nitrogens with one attached hydrogen (secondary N) is 2. The van der Waals surface area contributed by atoms with E-state index < -0.39 is 0 Å². The van der Waals surface area contributed by atoms with Crippen LogP contribution in [0.2, 0.25) is 0 Å². The van der Waals surface area contributed by atoms with E-state index in [9.17, 15) is 4.79 Å². The standard InChI is InChI=1S/C14H22N4O2/c1-3-6-15-13-9-16-12(8-17-13)14(19)18-10-4-5-11(7-10)20-2/h8-11H,3-7H2,1-2H3,(H,15,17)(H,18,19). The van der Waals surface area contributed by atoms with Crippen molar-refractivity contribution in [2.45, 2.75) is 44.8 Å². The molecule has 1 aliphatic carbocycles. The maximum atomic E-state index is 12.0. The zero-order chi connectivity index (χ0) is 14.4. The Morgan fingerprint density at radius 3 is 2.85 bits per heavy atom. The number of ether oxygens (including phenoxy) is 1. The molecule has 1 amide bonds. The van der Waals surface area contributed by atoms with Crippen molar-refractivity contribution in [3.63, 3.8) is 0 Å². The van der Waals surface area contributed by atoms with Crippen molar-refractivity contribution in [3.8, 4) is 0 Å². The van der Waals surface area contributed by atoms with Gasteiger partial charge in [0.2, 0.25) is 0 Å². The first kappa shape index (κ1) is 14.7. The Labute approximate surface area is 119 Å². The summed E-state index contributed by atoms with van der Waals surface area (Å²) in [6, 6.07) is 0.173. The Kier molecular flexibility index (Phi) is 5.29. The zero-order valence-corrected chi connectivity index (χ0v) is 12.1. The molecule has 2 atom stereocenters. The number of amides is 1. The van der Waals surface area contributed by atoms with E-state index in [-0.39, 0.29) is 18.1 Å². The number of hydrogen-bond donors (Lipinski definition) is 2. The van der Waals surface area contributed by atoms with Gasteiger partial charge in [0.15, 0.2) is 0 Å². The van der Waals surface area contributed by atoms with Gasteiger partial charge in [0, 0.05) is 19.7 Å². The third-order valence-electron chi connectivity index (χ3n) is 3.49. The van der Waals surface area contributed by atoms with E-state index in [2.05, 4.69) is 27.5 Å². The normalized spacial score (nSPS) is 21.7. The number of rotatable bonds is 6. The van der Waals surface area contributed by atoms with E-state index >= 15 is 0 Å². The summed E-state index contributed by atoms with van der Waals surface area (Å²) in [4.78, 5) is 20.4. The van der Waals surface area contributed by atoms with Gasteiger partial charge in [0.05, 0.1) is 18.5 Å². The largest absolute Gasteiger partial charge is 0.381 e. The van der Waals surface area contributed by atoms with Gasteiger partial charge >= 0.3 is 0 Å². The van der Waals surface area contributed by atoms with E-state index in [1.54, 1.807) is 13.3 Å². The lowest BCUT2D eigenvalue weighted by Crippen LogP contribution is -2.34. The monoisotopic (exact) mass is 278 g/mol. The second-order valence-electron chi connectivity index (χ2n) is 5.05. The fraction of sp³-hybridized carbons (Fsp3) is 0.643. The van der Waals surface area contributed by atoms with Crippen molar-refractivity contribution in [2.75, 3.05) is 19.0 Å². The summed E-state index contributed by atoms with van der Waals surface area (Å²) >= 11 is 0. The van der Waals surface area contributed by atoms with Crippen LogP contribution in [0.3, 0.4) is 0 Å². The first-order valence-corrected chi connectivity index (χ1v) is 7.12. The van der Waals surface area contributed by atoms with Gasteiger partial charge in [-0.05, 0) is 25.7 Å². The third-order valence-corrected chi connectivity index (χ3v) is 3.49. The molecular formula is C14H22N4O2. The van der Waals surface area contributed by atoms with Crippen LogP contribution in [-0.2, 0) is 4.74 Å². The molecule has 1 aromatic rings. The molecule has 2 N–H and O–H groups in total. The summed E-state index contributed by atoms with van der Waals surface area (Å²) in [6.07, 6.45) is 7.19. The average molecular weight is 278 g/mol. The number of methoxy groups -OCH3 is 1. The first-order valence-electron chi connectivity index (χ1n) is 7.12. The van der Waals surface area contributed by atoms with Crippen molar-refractivity contribution < 1.29 is 9.53 Å². The van der Waals surface area contributed by atoms with E-state index in [0.29, 0.717) is 11.5 Å². The van der Waals surface area contributed by atoms with Gasteiger partial charge in [0.1, 0.15) is 11.5 Å². The van der Waals surface area contributed by atoms with E-state index in [1.807, 2.05) is 0 Å². The van der Waals surface area contributed by atoms with Crippen molar-refractivity contribution in [1.29, 1.82) is 0 Å². The minimum atomic E-state index is -0.165. The predicted molar refractivity (Wildman–Crippen MR) is 76.7 cm³/mol. The number of anilines is 1. The van der Waals surface area contributed by atoms with Crippen LogP contribution in [0.5, 0.6) is 0 Å². The Morgan fingerprint density at radius 1 is 1.40 bits per heavy atom. The fourth-order valence-electron chi connectivity index (χ4n) is 2.33. The van der Waals surface area contributed by atoms with Gasteiger partial charge in [-0.25, -0.2) is 9.97 Å². The summed E-state index contributed by atoms with van der Waals surface area (Å²) in [5.74, 6) is 0.532. The smallest absolute Gasteiger partial charge is 0.271 e. The minimum Gasteiger partial charge on any atom is -0.381 e. The number of carbonyl (C=O) groups excluding carboxylic acids is 1. The maximum absolute atomic E-state index is 12.0. The molecule has 0 bridgehead atoms. The van der Waals surface area contributed by atoms with Crippen LogP contribution < -0.4 is 10.6 Å². The van der Waals surface area contributed by atoms with Gasteiger partial charge in [0.25, 0.3) is 5.91 Å². The number of hydrogen-bond acceptors (Lipinski definition) is 5. The molecule has 0 aromatic carbocycles. The molecule has 6 nitrogen and oxygen atoms in total. The van der Waals surface area contributed by atoms with Crippen LogP contribution >= 0.6 is 0 Å². The summed E-state index contributed by atoms with van der Waals surface area (Å²) in [6.45, 7) is 2.93. The number of nitrogens with zero attached hydrogens (tertiary/aromatic N) is 2. The molecule has 0 spiro atoms. The molecule has 0 radical (unpaired) electrons. The van der Waals surface area contributed by atoms with Crippen LogP contribution in [0.4, 0.5) is 5.82 Å². The van der Waals surface area contributed by atoms with Gasteiger partial charge in [-0.1, -0.05) is 6.92 Å². The molecule has 6 heteroatoms. The van der Waals surface area contributed by atoms with Crippen LogP contribution in [0.1, 0.15) is 43.1 Å². The zero-order valence-electron chi connectivity index (χ0n) is 12.1. The molecule has 110 valence electrons. The number of carbonyl (C=O) groups is 1. The topological polar surface area (TPSA) is 76.1 Å². The minimum absolute atomic E-state index is 0.165. The Balaban J connectivity index is 1.86. The maximum Gasteiger partial charge on any atom is 0.271 e. The van der Waals surface area contributed by atoms with E-state index in [1.165, 1.54) is 6.20 Å². The summed E-state index contributed by atoms with van der Waals surface area (Å²) < 4.78 is 5.29. The quantitative estimate of drug-likeness (QED) is 0.826. The van der Waals surface area contributed by atoms with E-state index in [0.717, 1.165) is 32.2 Å². The SMILES string of the molecule is CCCNc1cnc(C(=O)NC2CCC(OC)C2)cn1.